The molecule has 0 atom stereocenters. The molecule has 0 bridgehead atoms. The number of ether oxygens (including phenoxy) is 1. The average molecular weight is 393 g/mol. The molecular formula is C18H21BrN2O3. The lowest BCUT2D eigenvalue weighted by Gasteiger charge is -2.34. The van der Waals surface area contributed by atoms with Gasteiger partial charge in [-0.15, -0.1) is 0 Å². The maximum absolute atomic E-state index is 12.4. The zero-order valence-electron chi connectivity index (χ0n) is 13.7. The van der Waals surface area contributed by atoms with E-state index in [2.05, 4.69) is 15.9 Å². The van der Waals surface area contributed by atoms with Crippen LogP contribution in [0.1, 0.15) is 18.4 Å². The van der Waals surface area contributed by atoms with Gasteiger partial charge in [0.15, 0.2) is 0 Å². The monoisotopic (exact) mass is 392 g/mol. The van der Waals surface area contributed by atoms with Crippen LogP contribution in [0.25, 0.3) is 6.08 Å². The maximum Gasteiger partial charge on any atom is 0.246 e. The molecule has 0 spiro atoms. The highest BCUT2D eigenvalue weighted by molar-refractivity contribution is 9.10. The molecule has 0 aromatic heterocycles. The van der Waals surface area contributed by atoms with Gasteiger partial charge in [-0.2, -0.15) is 0 Å². The number of piperazine rings is 1. The van der Waals surface area contributed by atoms with Crippen molar-refractivity contribution in [1.29, 1.82) is 0 Å². The lowest BCUT2D eigenvalue weighted by Crippen LogP contribution is -2.50. The number of carbonyl (C=O) groups is 2. The quantitative estimate of drug-likeness (QED) is 0.739. The standard InChI is InChI=1S/C18H21BrN2O3/c1-24-16-6-5-15(19)12-14(16)4-7-17(22)20-8-10-21(11-9-20)18(23)13-2-3-13/h4-7,12-13H,2-3,8-11H2,1H3/b7-4-. The fourth-order valence-electron chi connectivity index (χ4n) is 2.84. The molecule has 2 aliphatic rings. The highest BCUT2D eigenvalue weighted by Gasteiger charge is 2.34. The summed E-state index contributed by atoms with van der Waals surface area (Å²) in [5, 5.41) is 0. The minimum absolute atomic E-state index is 0.0319. The highest BCUT2D eigenvalue weighted by atomic mass is 79.9. The van der Waals surface area contributed by atoms with Gasteiger partial charge in [0.2, 0.25) is 11.8 Å². The van der Waals surface area contributed by atoms with E-state index < -0.39 is 0 Å². The van der Waals surface area contributed by atoms with Crippen LogP contribution in [0.2, 0.25) is 0 Å². The minimum atomic E-state index is -0.0319. The number of benzene rings is 1. The molecule has 1 saturated carbocycles. The lowest BCUT2D eigenvalue weighted by molar-refractivity contribution is -0.138. The zero-order valence-corrected chi connectivity index (χ0v) is 15.3. The van der Waals surface area contributed by atoms with Gasteiger partial charge in [-0.1, -0.05) is 15.9 Å². The van der Waals surface area contributed by atoms with Crippen molar-refractivity contribution in [3.63, 3.8) is 0 Å². The van der Waals surface area contributed by atoms with Crippen molar-refractivity contribution in [2.75, 3.05) is 33.3 Å². The second-order valence-electron chi connectivity index (χ2n) is 6.14. The summed E-state index contributed by atoms with van der Waals surface area (Å²) in [4.78, 5) is 28.1. The molecule has 3 rings (SSSR count). The molecule has 128 valence electrons. The molecule has 2 fully saturated rings. The Morgan fingerprint density at radius 1 is 1.17 bits per heavy atom. The van der Waals surface area contributed by atoms with E-state index in [4.69, 9.17) is 4.74 Å². The summed E-state index contributed by atoms with van der Waals surface area (Å²) in [5.74, 6) is 1.20. The third kappa shape index (κ3) is 3.98. The maximum atomic E-state index is 12.4. The SMILES string of the molecule is COc1ccc(Br)cc1/C=C\C(=O)N1CCN(C(=O)C2CC2)CC1. The van der Waals surface area contributed by atoms with Crippen LogP contribution >= 0.6 is 15.9 Å². The Labute approximate surface area is 150 Å². The van der Waals surface area contributed by atoms with E-state index in [-0.39, 0.29) is 17.7 Å². The van der Waals surface area contributed by atoms with E-state index in [1.54, 1.807) is 24.2 Å². The van der Waals surface area contributed by atoms with Crippen LogP contribution in [0.3, 0.4) is 0 Å². The van der Waals surface area contributed by atoms with E-state index in [0.29, 0.717) is 26.2 Å². The van der Waals surface area contributed by atoms with Gasteiger partial charge in [-0.25, -0.2) is 0 Å². The van der Waals surface area contributed by atoms with Gasteiger partial charge < -0.3 is 14.5 Å². The number of halogens is 1. The third-order valence-electron chi connectivity index (χ3n) is 4.43. The largest absolute Gasteiger partial charge is 0.496 e. The van der Waals surface area contributed by atoms with Crippen LogP contribution in [-0.4, -0.2) is 54.9 Å². The number of rotatable bonds is 4. The molecule has 1 saturated heterocycles. The lowest BCUT2D eigenvalue weighted by atomic mass is 10.2. The van der Waals surface area contributed by atoms with Gasteiger partial charge >= 0.3 is 0 Å². The predicted molar refractivity (Wildman–Crippen MR) is 95.6 cm³/mol. The van der Waals surface area contributed by atoms with Crippen molar-refractivity contribution in [3.8, 4) is 5.75 Å². The zero-order chi connectivity index (χ0) is 17.1. The molecule has 2 amide bonds. The summed E-state index contributed by atoms with van der Waals surface area (Å²) < 4.78 is 6.24. The molecule has 24 heavy (non-hydrogen) atoms. The Kier molecular flexibility index (Phi) is 5.23. The van der Waals surface area contributed by atoms with Crippen molar-refractivity contribution in [2.45, 2.75) is 12.8 Å². The Morgan fingerprint density at radius 2 is 1.83 bits per heavy atom. The number of hydrogen-bond donors (Lipinski definition) is 0. The van der Waals surface area contributed by atoms with E-state index in [1.165, 1.54) is 0 Å². The molecule has 1 aliphatic heterocycles. The fourth-order valence-corrected chi connectivity index (χ4v) is 3.22. The predicted octanol–water partition coefficient (Wildman–Crippen LogP) is 2.55. The smallest absolute Gasteiger partial charge is 0.246 e. The fraction of sp³-hybridized carbons (Fsp3) is 0.444. The van der Waals surface area contributed by atoms with Crippen molar-refractivity contribution in [2.24, 2.45) is 5.92 Å². The summed E-state index contributed by atoms with van der Waals surface area (Å²) in [6, 6.07) is 5.67. The highest BCUT2D eigenvalue weighted by Crippen LogP contribution is 2.31. The van der Waals surface area contributed by atoms with Crippen molar-refractivity contribution in [1.82, 2.24) is 9.80 Å². The Balaban J connectivity index is 1.57. The number of carbonyl (C=O) groups excluding carboxylic acids is 2. The molecule has 6 heteroatoms. The molecule has 5 nitrogen and oxygen atoms in total. The molecule has 1 aliphatic carbocycles. The van der Waals surface area contributed by atoms with Gasteiger partial charge in [0.25, 0.3) is 0 Å². The van der Waals surface area contributed by atoms with Crippen molar-refractivity contribution >= 4 is 33.8 Å². The van der Waals surface area contributed by atoms with Gasteiger partial charge in [0.1, 0.15) is 5.75 Å². The first kappa shape index (κ1) is 17.0. The first-order valence-corrected chi connectivity index (χ1v) is 8.97. The van der Waals surface area contributed by atoms with Crippen molar-refractivity contribution < 1.29 is 14.3 Å². The van der Waals surface area contributed by atoms with Crippen LogP contribution in [0.4, 0.5) is 0 Å². The van der Waals surface area contributed by atoms with Gasteiger partial charge in [-0.05, 0) is 37.1 Å². The van der Waals surface area contributed by atoms with Crippen LogP contribution in [0, 0.1) is 5.92 Å². The van der Waals surface area contributed by atoms with E-state index in [0.717, 1.165) is 28.6 Å². The van der Waals surface area contributed by atoms with Gasteiger partial charge in [0, 0.05) is 48.2 Å². The topological polar surface area (TPSA) is 49.9 Å². The molecule has 0 unspecified atom stereocenters. The average Bonchev–Trinajstić information content (AvgIpc) is 3.44. The first-order valence-electron chi connectivity index (χ1n) is 8.18. The van der Waals surface area contributed by atoms with E-state index in [1.807, 2.05) is 23.1 Å². The minimum Gasteiger partial charge on any atom is -0.496 e. The molecule has 0 radical (unpaired) electrons. The van der Waals surface area contributed by atoms with Gasteiger partial charge in [0.05, 0.1) is 7.11 Å². The van der Waals surface area contributed by atoms with E-state index >= 15 is 0 Å². The second kappa shape index (κ2) is 7.38. The number of nitrogens with zero attached hydrogens (tertiary/aromatic N) is 2. The number of hydrogen-bond acceptors (Lipinski definition) is 3. The van der Waals surface area contributed by atoms with Crippen LogP contribution in [-0.2, 0) is 9.59 Å². The van der Waals surface area contributed by atoms with Gasteiger partial charge in [-0.3, -0.25) is 9.59 Å². The normalized spacial score (nSPS) is 18.1. The summed E-state index contributed by atoms with van der Waals surface area (Å²) in [6.45, 7) is 2.46. The Morgan fingerprint density at radius 3 is 2.46 bits per heavy atom. The summed E-state index contributed by atoms with van der Waals surface area (Å²) in [5.41, 5.74) is 0.850. The Bertz CT molecular complexity index is 662. The molecule has 1 heterocycles. The van der Waals surface area contributed by atoms with Crippen LogP contribution in [0.15, 0.2) is 28.7 Å². The van der Waals surface area contributed by atoms with E-state index in [9.17, 15) is 9.59 Å². The molecular weight excluding hydrogens is 372 g/mol. The summed E-state index contributed by atoms with van der Waals surface area (Å²) >= 11 is 3.42. The summed E-state index contributed by atoms with van der Waals surface area (Å²) in [6.07, 6.45) is 5.39. The second-order valence-corrected chi connectivity index (χ2v) is 7.06. The number of methoxy groups -OCH3 is 1. The first-order chi connectivity index (χ1) is 11.6. The third-order valence-corrected chi connectivity index (χ3v) is 4.92. The number of amides is 2. The van der Waals surface area contributed by atoms with Crippen LogP contribution in [0.5, 0.6) is 5.75 Å². The van der Waals surface area contributed by atoms with Crippen molar-refractivity contribution in [3.05, 3.63) is 34.3 Å². The molecule has 1 aromatic rings. The molecule has 0 N–H and O–H groups in total. The summed E-state index contributed by atoms with van der Waals surface area (Å²) in [7, 11) is 1.61. The van der Waals surface area contributed by atoms with Crippen LogP contribution < -0.4 is 4.74 Å². The molecule has 1 aromatic carbocycles. The Hall–Kier alpha value is -1.82.